The summed E-state index contributed by atoms with van der Waals surface area (Å²) in [5.74, 6) is 0.0795. The van der Waals surface area contributed by atoms with Crippen LogP contribution in [0.15, 0.2) is 52.0 Å². The fraction of sp³-hybridized carbons (Fsp3) is 0.273. The number of hydrogen-bond donors (Lipinski definition) is 3. The number of rotatable bonds is 9. The number of aryl methyl sites for hydroxylation is 1. The van der Waals surface area contributed by atoms with Crippen molar-refractivity contribution in [3.8, 4) is 11.4 Å². The lowest BCUT2D eigenvalue weighted by molar-refractivity contribution is -0.137. The van der Waals surface area contributed by atoms with E-state index < -0.39 is 11.7 Å². The number of fused-ring (bicyclic) bond motifs is 1. The molecule has 0 saturated carbocycles. The zero-order chi connectivity index (χ0) is 24.8. The Morgan fingerprint density at radius 1 is 1.11 bits per heavy atom. The molecule has 4 aromatic rings. The van der Waals surface area contributed by atoms with Gasteiger partial charge in [0.25, 0.3) is 5.56 Å². The van der Waals surface area contributed by atoms with Gasteiger partial charge in [-0.1, -0.05) is 23.4 Å². The second-order valence-electron chi connectivity index (χ2n) is 7.51. The maximum Gasteiger partial charge on any atom is 0.417 e. The fourth-order valence-electron chi connectivity index (χ4n) is 3.37. The molecule has 0 saturated heterocycles. The lowest BCUT2D eigenvalue weighted by Gasteiger charge is -2.09. The molecule has 0 atom stereocenters. The first-order valence-corrected chi connectivity index (χ1v) is 10.6. The summed E-state index contributed by atoms with van der Waals surface area (Å²) < 4.78 is 44.5. The van der Waals surface area contributed by atoms with Crippen molar-refractivity contribution in [2.24, 2.45) is 0 Å². The van der Waals surface area contributed by atoms with Crippen LogP contribution in [0.25, 0.3) is 22.2 Å². The number of anilines is 1. The molecule has 10 nitrogen and oxygen atoms in total. The zero-order valence-electron chi connectivity index (χ0n) is 18.2. The Hall–Kier alpha value is -4.29. The van der Waals surface area contributed by atoms with Crippen LogP contribution in [0.1, 0.15) is 24.3 Å². The number of pyridine rings is 1. The summed E-state index contributed by atoms with van der Waals surface area (Å²) in [5.41, 5.74) is -1.49. The summed E-state index contributed by atoms with van der Waals surface area (Å²) in [6.45, 7) is 0.885. The predicted octanol–water partition coefficient (Wildman–Crippen LogP) is 2.94. The van der Waals surface area contributed by atoms with Crippen LogP contribution in [0.5, 0.6) is 0 Å². The molecule has 0 aliphatic heterocycles. The molecule has 35 heavy (non-hydrogen) atoms. The van der Waals surface area contributed by atoms with Crippen LogP contribution in [0.4, 0.5) is 19.0 Å². The van der Waals surface area contributed by atoms with Crippen molar-refractivity contribution in [2.45, 2.75) is 25.4 Å². The van der Waals surface area contributed by atoms with Gasteiger partial charge in [0, 0.05) is 43.7 Å². The van der Waals surface area contributed by atoms with Gasteiger partial charge in [0.15, 0.2) is 5.82 Å². The van der Waals surface area contributed by atoms with Crippen LogP contribution in [0.3, 0.4) is 0 Å². The largest absolute Gasteiger partial charge is 0.417 e. The van der Waals surface area contributed by atoms with E-state index in [1.807, 2.05) is 6.07 Å². The number of alkyl halides is 3. The molecule has 0 aliphatic rings. The molecule has 0 fully saturated rings. The van der Waals surface area contributed by atoms with Crippen molar-refractivity contribution >= 4 is 22.5 Å². The topological polar surface area (TPSA) is 139 Å². The van der Waals surface area contributed by atoms with Gasteiger partial charge in [-0.05, 0) is 18.6 Å². The number of benzene rings is 1. The first kappa shape index (κ1) is 23.9. The van der Waals surface area contributed by atoms with E-state index in [0.717, 1.165) is 18.5 Å². The van der Waals surface area contributed by atoms with Gasteiger partial charge in [-0.25, -0.2) is 5.10 Å². The number of aromatic amines is 1. The van der Waals surface area contributed by atoms with E-state index in [9.17, 15) is 22.8 Å². The highest BCUT2D eigenvalue weighted by atomic mass is 19.4. The standard InChI is InChI=1S/C22H20F3N7O3/c23-22(24,25)16-8-11-26-12-15(16)20-29-18(35-32-20)7-6-17(33)27-9-3-10-28-19-13-4-1-2-5-14(13)21(34)31-30-19/h1-2,4-5,8,11-12H,3,6-7,9-10H2,(H,27,33)(H,28,30)(H,31,34). The van der Waals surface area contributed by atoms with Gasteiger partial charge in [0.2, 0.25) is 17.6 Å². The molecule has 0 bridgehead atoms. The molecule has 3 aromatic heterocycles. The summed E-state index contributed by atoms with van der Waals surface area (Å²) in [4.78, 5) is 31.6. The molecule has 4 rings (SSSR count). The first-order valence-electron chi connectivity index (χ1n) is 10.6. The lowest BCUT2D eigenvalue weighted by Crippen LogP contribution is -2.26. The third-order valence-electron chi connectivity index (χ3n) is 5.07. The molecule has 0 aliphatic carbocycles. The number of amides is 1. The number of hydrogen-bond acceptors (Lipinski definition) is 8. The van der Waals surface area contributed by atoms with Crippen molar-refractivity contribution in [1.29, 1.82) is 0 Å². The fourth-order valence-corrected chi connectivity index (χ4v) is 3.37. The smallest absolute Gasteiger partial charge is 0.368 e. The molecular formula is C22H20F3N7O3. The molecular weight excluding hydrogens is 467 g/mol. The SMILES string of the molecule is O=C(CCc1nc(-c2cnccc2C(F)(F)F)no1)NCCCNc1n[nH]c(=O)c2ccccc12. The minimum Gasteiger partial charge on any atom is -0.368 e. The Labute approximate surface area is 196 Å². The average molecular weight is 487 g/mol. The van der Waals surface area contributed by atoms with Gasteiger partial charge in [-0.3, -0.25) is 14.6 Å². The van der Waals surface area contributed by atoms with E-state index in [-0.39, 0.29) is 41.6 Å². The molecule has 0 radical (unpaired) electrons. The van der Waals surface area contributed by atoms with Crippen molar-refractivity contribution in [3.05, 3.63) is 64.5 Å². The van der Waals surface area contributed by atoms with E-state index in [2.05, 4.69) is 36.0 Å². The third kappa shape index (κ3) is 5.80. The Bertz CT molecular complexity index is 1380. The van der Waals surface area contributed by atoms with Crippen LogP contribution in [-0.2, 0) is 17.4 Å². The average Bonchev–Trinajstić information content (AvgIpc) is 3.32. The number of carbonyl (C=O) groups excluding carboxylic acids is 1. The Kier molecular flexibility index (Phi) is 7.03. The van der Waals surface area contributed by atoms with Gasteiger partial charge in [-0.15, -0.1) is 0 Å². The summed E-state index contributed by atoms with van der Waals surface area (Å²) >= 11 is 0. The molecule has 1 amide bonds. The summed E-state index contributed by atoms with van der Waals surface area (Å²) in [5, 5.41) is 17.2. The number of nitrogens with zero attached hydrogens (tertiary/aromatic N) is 4. The molecule has 13 heteroatoms. The maximum absolute atomic E-state index is 13.2. The quantitative estimate of drug-likeness (QED) is 0.306. The van der Waals surface area contributed by atoms with E-state index in [1.54, 1.807) is 18.2 Å². The van der Waals surface area contributed by atoms with Crippen molar-refractivity contribution < 1.29 is 22.5 Å². The van der Waals surface area contributed by atoms with Gasteiger partial charge in [-0.2, -0.15) is 23.3 Å². The molecule has 0 spiro atoms. The third-order valence-corrected chi connectivity index (χ3v) is 5.07. The number of H-pyrrole nitrogens is 1. The Morgan fingerprint density at radius 3 is 2.71 bits per heavy atom. The molecule has 1 aromatic carbocycles. The maximum atomic E-state index is 13.2. The Morgan fingerprint density at radius 2 is 1.91 bits per heavy atom. The van der Waals surface area contributed by atoms with Gasteiger partial charge >= 0.3 is 6.18 Å². The van der Waals surface area contributed by atoms with E-state index >= 15 is 0 Å². The summed E-state index contributed by atoms with van der Waals surface area (Å²) in [7, 11) is 0. The molecule has 3 N–H and O–H groups in total. The van der Waals surface area contributed by atoms with E-state index in [0.29, 0.717) is 36.1 Å². The van der Waals surface area contributed by atoms with Crippen molar-refractivity contribution in [2.75, 3.05) is 18.4 Å². The highest BCUT2D eigenvalue weighted by Crippen LogP contribution is 2.35. The molecule has 0 unspecified atom stereocenters. The second kappa shape index (κ2) is 10.3. The van der Waals surface area contributed by atoms with Gasteiger partial charge in [0.1, 0.15) is 0 Å². The van der Waals surface area contributed by atoms with Crippen LogP contribution >= 0.6 is 0 Å². The van der Waals surface area contributed by atoms with Crippen molar-refractivity contribution in [1.82, 2.24) is 30.6 Å². The summed E-state index contributed by atoms with van der Waals surface area (Å²) in [6.07, 6.45) is -1.84. The highest BCUT2D eigenvalue weighted by molar-refractivity contribution is 5.90. The predicted molar refractivity (Wildman–Crippen MR) is 119 cm³/mol. The minimum absolute atomic E-state index is 0.0281. The van der Waals surface area contributed by atoms with Crippen LogP contribution in [-0.4, -0.2) is 44.3 Å². The zero-order valence-corrected chi connectivity index (χ0v) is 18.2. The number of nitrogens with one attached hydrogen (secondary N) is 3. The first-order chi connectivity index (χ1) is 16.8. The van der Waals surface area contributed by atoms with E-state index in [4.69, 9.17) is 4.52 Å². The number of carbonyl (C=O) groups is 1. The molecule has 3 heterocycles. The summed E-state index contributed by atoms with van der Waals surface area (Å²) in [6, 6.07) is 7.92. The van der Waals surface area contributed by atoms with Crippen LogP contribution < -0.4 is 16.2 Å². The normalized spacial score (nSPS) is 11.5. The Balaban J connectivity index is 1.22. The van der Waals surface area contributed by atoms with Crippen LogP contribution in [0, 0.1) is 0 Å². The number of aromatic nitrogens is 5. The monoisotopic (exact) mass is 487 g/mol. The molecule has 182 valence electrons. The van der Waals surface area contributed by atoms with Crippen molar-refractivity contribution in [3.63, 3.8) is 0 Å². The van der Waals surface area contributed by atoms with Gasteiger partial charge < -0.3 is 15.2 Å². The second-order valence-corrected chi connectivity index (χ2v) is 7.51. The minimum atomic E-state index is -4.59. The van der Waals surface area contributed by atoms with E-state index in [1.165, 1.54) is 0 Å². The lowest BCUT2D eigenvalue weighted by atomic mass is 10.1. The number of halogens is 3. The van der Waals surface area contributed by atoms with Crippen LogP contribution in [0.2, 0.25) is 0 Å². The highest BCUT2D eigenvalue weighted by Gasteiger charge is 2.34. The van der Waals surface area contributed by atoms with Gasteiger partial charge in [0.05, 0.1) is 16.5 Å².